The van der Waals surface area contributed by atoms with E-state index in [-0.39, 0.29) is 35.5 Å². The second kappa shape index (κ2) is 11.8. The van der Waals surface area contributed by atoms with E-state index in [4.69, 9.17) is 11.6 Å². The molecule has 0 aliphatic carbocycles. The fourth-order valence-corrected chi connectivity index (χ4v) is 4.88. The van der Waals surface area contributed by atoms with E-state index in [1.54, 1.807) is 30.3 Å². The third-order valence-electron chi connectivity index (χ3n) is 5.69. The molecule has 0 radical (unpaired) electrons. The summed E-state index contributed by atoms with van der Waals surface area (Å²) in [6.45, 7) is 5.97. The molecule has 0 spiro atoms. The number of hydrogen-bond acceptors (Lipinski definition) is 3. The monoisotopic (exact) mass is 567 g/mol. The molecule has 0 atom stereocenters. The maximum absolute atomic E-state index is 13.3. The number of nitrogens with zero attached hydrogens (tertiary/aromatic N) is 1. The second-order valence-corrected chi connectivity index (χ2v) is 11.9. The average Bonchev–Trinajstić information content (AvgIpc) is 2.83. The first-order valence-corrected chi connectivity index (χ1v) is 13.6. The van der Waals surface area contributed by atoms with E-state index in [0.717, 1.165) is 22.6 Å². The molecular weight excluding hydrogens is 539 g/mol. The molecular formula is C27H29ClF3N3O3S. The van der Waals surface area contributed by atoms with Crippen molar-refractivity contribution < 1.29 is 26.4 Å². The van der Waals surface area contributed by atoms with Gasteiger partial charge in [-0.05, 0) is 65.9 Å². The van der Waals surface area contributed by atoms with Gasteiger partial charge in [-0.2, -0.15) is 13.2 Å². The number of hydrogen-bond donors (Lipinski definition) is 2. The van der Waals surface area contributed by atoms with Gasteiger partial charge in [-0.25, -0.2) is 17.9 Å². The molecule has 3 aromatic rings. The highest BCUT2D eigenvalue weighted by atomic mass is 35.5. The van der Waals surface area contributed by atoms with Crippen molar-refractivity contribution in [3.8, 4) is 0 Å². The predicted octanol–water partition coefficient (Wildman–Crippen LogP) is 7.06. The first kappa shape index (κ1) is 29.5. The van der Waals surface area contributed by atoms with Crippen LogP contribution in [0.4, 0.5) is 29.3 Å². The lowest BCUT2D eigenvalue weighted by Crippen LogP contribution is -2.37. The Morgan fingerprint density at radius 1 is 0.921 bits per heavy atom. The lowest BCUT2D eigenvalue weighted by molar-refractivity contribution is -0.137. The van der Waals surface area contributed by atoms with Crippen LogP contribution < -0.4 is 14.9 Å². The zero-order chi connectivity index (χ0) is 28.1. The topological polar surface area (TPSA) is 78.5 Å². The maximum atomic E-state index is 13.3. The Morgan fingerprint density at radius 3 is 2.18 bits per heavy atom. The van der Waals surface area contributed by atoms with Gasteiger partial charge >= 0.3 is 12.2 Å². The number of anilines is 2. The normalized spacial score (nSPS) is 12.3. The standard InChI is InChI=1S/C27H29ClF3N3O3S/c1-26(2,3)19-11-13-24(14-12-19)38(36,37)32-15-6-16-34(23-10-4-7-20(17-23)27(29,30)31)25(35)33-22-9-5-8-21(28)18-22/h4-5,7-14,17-18,32H,6,15-16H2,1-3H3,(H,33,35). The Labute approximate surface area is 225 Å². The van der Waals surface area contributed by atoms with Gasteiger partial charge in [0.15, 0.2) is 0 Å². The molecule has 3 aromatic carbocycles. The number of carbonyl (C=O) groups is 1. The van der Waals surface area contributed by atoms with E-state index in [9.17, 15) is 26.4 Å². The molecule has 0 aliphatic rings. The van der Waals surface area contributed by atoms with Crippen molar-refractivity contribution in [1.82, 2.24) is 4.72 Å². The van der Waals surface area contributed by atoms with E-state index in [2.05, 4.69) is 10.0 Å². The number of amides is 2. The van der Waals surface area contributed by atoms with Crippen molar-refractivity contribution in [2.45, 2.75) is 43.7 Å². The third kappa shape index (κ3) is 7.96. The minimum absolute atomic E-state index is 0.0139. The summed E-state index contributed by atoms with van der Waals surface area (Å²) in [6, 6.07) is 16.6. The molecule has 204 valence electrons. The van der Waals surface area contributed by atoms with E-state index >= 15 is 0 Å². The molecule has 2 amide bonds. The summed E-state index contributed by atoms with van der Waals surface area (Å²) in [5.41, 5.74) is 0.321. The molecule has 0 aliphatic heterocycles. The Bertz CT molecular complexity index is 1370. The van der Waals surface area contributed by atoms with Crippen LogP contribution in [0, 0.1) is 0 Å². The van der Waals surface area contributed by atoms with Crippen LogP contribution >= 0.6 is 11.6 Å². The van der Waals surface area contributed by atoms with E-state index in [1.165, 1.54) is 30.3 Å². The molecule has 0 saturated heterocycles. The van der Waals surface area contributed by atoms with Crippen molar-refractivity contribution in [2.24, 2.45) is 0 Å². The van der Waals surface area contributed by atoms with Gasteiger partial charge in [-0.1, -0.05) is 56.6 Å². The van der Waals surface area contributed by atoms with Gasteiger partial charge in [0.2, 0.25) is 10.0 Å². The van der Waals surface area contributed by atoms with Crippen LogP contribution in [-0.4, -0.2) is 27.5 Å². The Kier molecular flexibility index (Phi) is 9.12. The number of rotatable bonds is 8. The molecule has 11 heteroatoms. The van der Waals surface area contributed by atoms with Crippen LogP contribution in [-0.2, 0) is 21.6 Å². The summed E-state index contributed by atoms with van der Waals surface area (Å²) in [7, 11) is -3.82. The number of benzene rings is 3. The van der Waals surface area contributed by atoms with Gasteiger partial charge in [-0.3, -0.25) is 4.90 Å². The highest BCUT2D eigenvalue weighted by Gasteiger charge is 2.31. The lowest BCUT2D eigenvalue weighted by Gasteiger charge is -2.24. The zero-order valence-corrected chi connectivity index (χ0v) is 22.7. The van der Waals surface area contributed by atoms with Gasteiger partial charge < -0.3 is 5.32 Å². The summed E-state index contributed by atoms with van der Waals surface area (Å²) in [5, 5.41) is 3.00. The van der Waals surface area contributed by atoms with Crippen molar-refractivity contribution in [1.29, 1.82) is 0 Å². The second-order valence-electron chi connectivity index (χ2n) is 9.67. The van der Waals surface area contributed by atoms with Crippen LogP contribution in [0.15, 0.2) is 77.7 Å². The summed E-state index contributed by atoms with van der Waals surface area (Å²) in [4.78, 5) is 14.3. The first-order valence-electron chi connectivity index (χ1n) is 11.8. The quantitative estimate of drug-likeness (QED) is 0.286. The largest absolute Gasteiger partial charge is 0.416 e. The number of sulfonamides is 1. The van der Waals surface area contributed by atoms with E-state index in [1.807, 2.05) is 20.8 Å². The Morgan fingerprint density at radius 2 is 1.58 bits per heavy atom. The highest BCUT2D eigenvalue weighted by molar-refractivity contribution is 7.89. The fraction of sp³-hybridized carbons (Fsp3) is 0.296. The van der Waals surface area contributed by atoms with Crippen LogP contribution in [0.1, 0.15) is 38.3 Å². The molecule has 0 bridgehead atoms. The molecule has 0 heterocycles. The average molecular weight is 568 g/mol. The van der Waals surface area contributed by atoms with Gasteiger partial charge in [0, 0.05) is 29.5 Å². The van der Waals surface area contributed by atoms with Crippen LogP contribution in [0.3, 0.4) is 0 Å². The molecule has 3 rings (SSSR count). The van der Waals surface area contributed by atoms with Crippen LogP contribution in [0.5, 0.6) is 0 Å². The van der Waals surface area contributed by atoms with Crippen molar-refractivity contribution >= 4 is 39.0 Å². The summed E-state index contributed by atoms with van der Waals surface area (Å²) < 4.78 is 67.9. The highest BCUT2D eigenvalue weighted by Crippen LogP contribution is 2.32. The first-order chi connectivity index (χ1) is 17.7. The molecule has 38 heavy (non-hydrogen) atoms. The fourth-order valence-electron chi connectivity index (χ4n) is 3.62. The van der Waals surface area contributed by atoms with Gasteiger partial charge in [0.1, 0.15) is 0 Å². The minimum atomic E-state index is -4.59. The number of carbonyl (C=O) groups excluding carboxylic acids is 1. The SMILES string of the molecule is CC(C)(C)c1ccc(S(=O)(=O)NCCCN(C(=O)Nc2cccc(Cl)c2)c2cccc(C(F)(F)F)c2)cc1. The molecule has 0 saturated carbocycles. The Hall–Kier alpha value is -3.08. The number of halogens is 4. The van der Waals surface area contributed by atoms with Crippen molar-refractivity contribution in [3.05, 3.63) is 88.9 Å². The molecule has 0 aromatic heterocycles. The molecule has 6 nitrogen and oxygen atoms in total. The van der Waals surface area contributed by atoms with Crippen molar-refractivity contribution in [2.75, 3.05) is 23.3 Å². The lowest BCUT2D eigenvalue weighted by atomic mass is 9.87. The maximum Gasteiger partial charge on any atom is 0.416 e. The molecule has 0 unspecified atom stereocenters. The van der Waals surface area contributed by atoms with E-state index in [0.29, 0.717) is 10.7 Å². The predicted molar refractivity (Wildman–Crippen MR) is 144 cm³/mol. The summed E-state index contributed by atoms with van der Waals surface area (Å²) in [6.07, 6.45) is -4.46. The van der Waals surface area contributed by atoms with Gasteiger partial charge in [0.05, 0.1) is 10.5 Å². The molecule has 0 fully saturated rings. The van der Waals surface area contributed by atoms with Gasteiger partial charge in [-0.15, -0.1) is 0 Å². The van der Waals surface area contributed by atoms with Crippen LogP contribution in [0.2, 0.25) is 5.02 Å². The minimum Gasteiger partial charge on any atom is -0.307 e. The molecule has 2 N–H and O–H groups in total. The third-order valence-corrected chi connectivity index (χ3v) is 7.40. The van der Waals surface area contributed by atoms with Gasteiger partial charge in [0.25, 0.3) is 0 Å². The van der Waals surface area contributed by atoms with Crippen molar-refractivity contribution in [3.63, 3.8) is 0 Å². The number of nitrogens with one attached hydrogen (secondary N) is 2. The summed E-state index contributed by atoms with van der Waals surface area (Å²) >= 11 is 5.97. The zero-order valence-electron chi connectivity index (χ0n) is 21.1. The summed E-state index contributed by atoms with van der Waals surface area (Å²) in [5.74, 6) is 0. The van der Waals surface area contributed by atoms with Crippen LogP contribution in [0.25, 0.3) is 0 Å². The number of urea groups is 1. The van der Waals surface area contributed by atoms with E-state index < -0.39 is 27.8 Å². The number of alkyl halides is 3. The smallest absolute Gasteiger partial charge is 0.307 e. The Balaban J connectivity index is 1.74.